The van der Waals surface area contributed by atoms with Crippen LogP contribution in [0.3, 0.4) is 0 Å². The monoisotopic (exact) mass is 456 g/mol. The molecule has 5 aromatic rings. The van der Waals surface area contributed by atoms with Crippen molar-refractivity contribution in [1.29, 1.82) is 0 Å². The summed E-state index contributed by atoms with van der Waals surface area (Å²) in [6.45, 7) is 0. The number of hydrogen-bond donors (Lipinski definition) is 2. The van der Waals surface area contributed by atoms with Gasteiger partial charge in [0.2, 0.25) is 0 Å². The lowest BCUT2D eigenvalue weighted by molar-refractivity contribution is -0.0553. The topological polar surface area (TPSA) is 40.5 Å². The molecule has 0 bridgehead atoms. The van der Waals surface area contributed by atoms with Gasteiger partial charge in [0.05, 0.1) is 5.92 Å². The van der Waals surface area contributed by atoms with E-state index in [4.69, 9.17) is 0 Å². The molecule has 5 rings (SSSR count). The fourth-order valence-corrected chi connectivity index (χ4v) is 5.20. The minimum absolute atomic E-state index is 0.713. The van der Waals surface area contributed by atoms with Crippen molar-refractivity contribution in [3.05, 3.63) is 179 Å². The summed E-state index contributed by atoms with van der Waals surface area (Å²) >= 11 is 0. The molecule has 0 saturated heterocycles. The van der Waals surface area contributed by atoms with Crippen molar-refractivity contribution in [3.63, 3.8) is 0 Å². The lowest BCUT2D eigenvalue weighted by Crippen LogP contribution is -2.48. The second kappa shape index (κ2) is 9.71. The van der Waals surface area contributed by atoms with Crippen LogP contribution >= 0.6 is 0 Å². The molecular formula is C33H28O2. The van der Waals surface area contributed by atoms with Crippen LogP contribution in [0.25, 0.3) is 0 Å². The van der Waals surface area contributed by atoms with Gasteiger partial charge in [0, 0.05) is 0 Å². The normalized spacial score (nSPS) is 12.0. The van der Waals surface area contributed by atoms with Crippen LogP contribution < -0.4 is 0 Å². The molecule has 2 nitrogen and oxygen atoms in total. The van der Waals surface area contributed by atoms with Gasteiger partial charge in [-0.05, 0) is 27.8 Å². The summed E-state index contributed by atoms with van der Waals surface area (Å²) in [5.74, 6) is -0.772. The van der Waals surface area contributed by atoms with E-state index in [1.165, 1.54) is 0 Å². The summed E-state index contributed by atoms with van der Waals surface area (Å²) in [7, 11) is 0. The molecule has 172 valence electrons. The summed E-state index contributed by atoms with van der Waals surface area (Å²) in [6.07, 6.45) is 0. The lowest BCUT2D eigenvalue weighted by Gasteiger charge is -2.47. The Kier molecular flexibility index (Phi) is 6.33. The van der Waals surface area contributed by atoms with E-state index in [2.05, 4.69) is 0 Å². The SMILES string of the molecule is OC(c1ccccc1)(c1ccccc1)C(c1ccccc1)C(O)(c1ccccc1)c1ccccc1. The van der Waals surface area contributed by atoms with E-state index in [9.17, 15) is 10.2 Å². The van der Waals surface area contributed by atoms with Crippen LogP contribution in [0, 0.1) is 0 Å². The standard InChI is InChI=1S/C33H28O2/c34-32(27-18-8-2-9-19-27,28-20-10-3-11-21-28)31(26-16-6-1-7-17-26)33(35,29-22-12-4-13-23-29)30-24-14-5-15-25-30/h1-25,31,34-35H. The molecule has 0 unspecified atom stereocenters. The first-order valence-electron chi connectivity index (χ1n) is 11.9. The van der Waals surface area contributed by atoms with Gasteiger partial charge < -0.3 is 10.2 Å². The highest BCUT2D eigenvalue weighted by molar-refractivity contribution is 5.50. The van der Waals surface area contributed by atoms with Gasteiger partial charge in [-0.2, -0.15) is 0 Å². The van der Waals surface area contributed by atoms with Crippen LogP contribution in [0.4, 0.5) is 0 Å². The van der Waals surface area contributed by atoms with Crippen molar-refractivity contribution >= 4 is 0 Å². The van der Waals surface area contributed by atoms with Crippen molar-refractivity contribution in [2.45, 2.75) is 17.1 Å². The van der Waals surface area contributed by atoms with Crippen LogP contribution in [0.2, 0.25) is 0 Å². The lowest BCUT2D eigenvalue weighted by atomic mass is 9.61. The molecule has 5 aromatic carbocycles. The molecule has 0 fully saturated rings. The van der Waals surface area contributed by atoms with Gasteiger partial charge in [-0.15, -0.1) is 0 Å². The maximum atomic E-state index is 13.0. The molecule has 0 amide bonds. The molecular weight excluding hydrogens is 428 g/mol. The predicted octanol–water partition coefficient (Wildman–Crippen LogP) is 6.64. The number of aliphatic hydroxyl groups is 2. The maximum absolute atomic E-state index is 13.0. The van der Waals surface area contributed by atoms with E-state index >= 15 is 0 Å². The third-order valence-corrected chi connectivity index (χ3v) is 6.82. The quantitative estimate of drug-likeness (QED) is 0.288. The number of rotatable bonds is 7. The molecule has 0 aliphatic carbocycles. The number of benzene rings is 5. The fraction of sp³-hybridized carbons (Fsp3) is 0.0909. The van der Waals surface area contributed by atoms with E-state index in [0.717, 1.165) is 5.56 Å². The highest BCUT2D eigenvalue weighted by Crippen LogP contribution is 2.54. The molecule has 0 aliphatic rings. The van der Waals surface area contributed by atoms with Crippen molar-refractivity contribution in [2.75, 3.05) is 0 Å². The highest BCUT2D eigenvalue weighted by atomic mass is 16.3. The molecule has 0 aromatic heterocycles. The second-order valence-corrected chi connectivity index (χ2v) is 8.84. The molecule has 0 spiro atoms. The smallest absolute Gasteiger partial charge is 0.125 e. The van der Waals surface area contributed by atoms with Gasteiger partial charge >= 0.3 is 0 Å². The van der Waals surface area contributed by atoms with E-state index in [-0.39, 0.29) is 0 Å². The minimum atomic E-state index is -1.55. The molecule has 0 atom stereocenters. The Morgan fingerprint density at radius 2 is 0.571 bits per heavy atom. The first kappa shape index (κ1) is 22.8. The zero-order chi connectivity index (χ0) is 24.1. The van der Waals surface area contributed by atoms with E-state index < -0.39 is 17.1 Å². The van der Waals surface area contributed by atoms with Gasteiger partial charge in [0.1, 0.15) is 11.2 Å². The Balaban J connectivity index is 1.90. The largest absolute Gasteiger partial charge is 0.380 e. The van der Waals surface area contributed by atoms with Crippen LogP contribution in [-0.2, 0) is 11.2 Å². The summed E-state index contributed by atoms with van der Waals surface area (Å²) in [5, 5.41) is 25.9. The predicted molar refractivity (Wildman–Crippen MR) is 141 cm³/mol. The maximum Gasteiger partial charge on any atom is 0.125 e. The fourth-order valence-electron chi connectivity index (χ4n) is 5.20. The van der Waals surface area contributed by atoms with Crippen LogP contribution in [0.5, 0.6) is 0 Å². The zero-order valence-corrected chi connectivity index (χ0v) is 19.4. The van der Waals surface area contributed by atoms with Crippen LogP contribution in [0.1, 0.15) is 33.7 Å². The first-order valence-corrected chi connectivity index (χ1v) is 11.9. The van der Waals surface area contributed by atoms with E-state index in [0.29, 0.717) is 22.3 Å². The van der Waals surface area contributed by atoms with Gasteiger partial charge in [0.15, 0.2) is 0 Å². The Labute approximate surface area is 206 Å². The summed E-state index contributed by atoms with van der Waals surface area (Å²) < 4.78 is 0. The average Bonchev–Trinajstić information content (AvgIpc) is 2.95. The molecule has 0 aliphatic heterocycles. The van der Waals surface area contributed by atoms with Crippen molar-refractivity contribution in [3.8, 4) is 0 Å². The van der Waals surface area contributed by atoms with Crippen molar-refractivity contribution in [1.82, 2.24) is 0 Å². The zero-order valence-electron chi connectivity index (χ0n) is 19.4. The molecule has 35 heavy (non-hydrogen) atoms. The minimum Gasteiger partial charge on any atom is -0.380 e. The Hall–Kier alpha value is -3.98. The van der Waals surface area contributed by atoms with Gasteiger partial charge in [-0.1, -0.05) is 152 Å². The van der Waals surface area contributed by atoms with Gasteiger partial charge in [-0.25, -0.2) is 0 Å². The van der Waals surface area contributed by atoms with E-state index in [1.807, 2.05) is 152 Å². The Bertz CT molecular complexity index is 1170. The third kappa shape index (κ3) is 4.08. The Morgan fingerprint density at radius 3 is 0.829 bits per heavy atom. The van der Waals surface area contributed by atoms with E-state index in [1.54, 1.807) is 0 Å². The van der Waals surface area contributed by atoms with Gasteiger partial charge in [0.25, 0.3) is 0 Å². The molecule has 2 heteroatoms. The molecule has 0 saturated carbocycles. The third-order valence-electron chi connectivity index (χ3n) is 6.82. The van der Waals surface area contributed by atoms with Crippen molar-refractivity contribution < 1.29 is 10.2 Å². The summed E-state index contributed by atoms with van der Waals surface area (Å²) in [4.78, 5) is 0. The molecule has 2 N–H and O–H groups in total. The summed E-state index contributed by atoms with van der Waals surface area (Å²) in [5.41, 5.74) is 0.582. The van der Waals surface area contributed by atoms with Crippen LogP contribution in [-0.4, -0.2) is 10.2 Å². The molecule has 0 radical (unpaired) electrons. The average molecular weight is 457 g/mol. The first-order chi connectivity index (χ1) is 17.1. The van der Waals surface area contributed by atoms with Gasteiger partial charge in [-0.3, -0.25) is 0 Å². The molecule has 0 heterocycles. The second-order valence-electron chi connectivity index (χ2n) is 8.84. The summed E-state index contributed by atoms with van der Waals surface area (Å²) in [6, 6.07) is 48.4. The van der Waals surface area contributed by atoms with Crippen molar-refractivity contribution in [2.24, 2.45) is 0 Å². The Morgan fingerprint density at radius 1 is 0.343 bits per heavy atom. The highest BCUT2D eigenvalue weighted by Gasteiger charge is 2.54. The van der Waals surface area contributed by atoms with Crippen LogP contribution in [0.15, 0.2) is 152 Å². The number of hydrogen-bond acceptors (Lipinski definition) is 2.